The van der Waals surface area contributed by atoms with E-state index in [0.29, 0.717) is 31.9 Å². The fourth-order valence-electron chi connectivity index (χ4n) is 5.44. The van der Waals surface area contributed by atoms with Crippen molar-refractivity contribution in [1.29, 1.82) is 0 Å². The Bertz CT molecular complexity index is 1070. The second kappa shape index (κ2) is 9.58. The van der Waals surface area contributed by atoms with Crippen LogP contribution in [0.3, 0.4) is 0 Å². The molecule has 2 saturated heterocycles. The maximum absolute atomic E-state index is 13.3. The van der Waals surface area contributed by atoms with Gasteiger partial charge in [-0.15, -0.1) is 0 Å². The number of fused-ring (bicyclic) bond motifs is 1. The highest BCUT2D eigenvalue weighted by Crippen LogP contribution is 2.28. The second-order valence-corrected chi connectivity index (χ2v) is 9.98. The Balaban J connectivity index is 1.26. The lowest BCUT2D eigenvalue weighted by molar-refractivity contribution is -0.132. The average molecular weight is 486 g/mol. The Morgan fingerprint density at radius 1 is 1.03 bits per heavy atom. The Kier molecular flexibility index (Phi) is 6.53. The summed E-state index contributed by atoms with van der Waals surface area (Å²) in [4.78, 5) is 32.4. The highest BCUT2D eigenvalue weighted by Gasteiger charge is 2.33. The van der Waals surface area contributed by atoms with Gasteiger partial charge < -0.3 is 19.4 Å². The highest BCUT2D eigenvalue weighted by molar-refractivity contribution is 6.33. The van der Waals surface area contributed by atoms with Gasteiger partial charge in [-0.3, -0.25) is 14.3 Å². The number of piperazine rings is 1. The number of benzene rings is 1. The van der Waals surface area contributed by atoms with Crippen molar-refractivity contribution in [2.45, 2.75) is 51.9 Å². The molecule has 0 saturated carbocycles. The SMILES string of the molecule is C[C@@H]1CN(C(=O)c2nn(CC(=O)N3CCN(c4ccccc4Cl)CC3)c3c2CCC3)C[C@H](C)O1. The summed E-state index contributed by atoms with van der Waals surface area (Å²) in [5.41, 5.74) is 3.59. The lowest BCUT2D eigenvalue weighted by Gasteiger charge is -2.36. The zero-order chi connectivity index (χ0) is 23.8. The van der Waals surface area contributed by atoms with E-state index in [1.165, 1.54) is 0 Å². The number of nitrogens with zero attached hydrogens (tertiary/aromatic N) is 5. The standard InChI is InChI=1S/C25H32ClN5O3/c1-17-14-30(15-18(2)34-17)25(33)24-19-6-5-9-21(19)31(27-24)16-23(32)29-12-10-28(11-13-29)22-8-4-3-7-20(22)26/h3-4,7-8,17-18H,5-6,9-16H2,1-2H3/t17-,18+. The van der Waals surface area contributed by atoms with Crippen molar-refractivity contribution >= 4 is 29.1 Å². The van der Waals surface area contributed by atoms with Crippen molar-refractivity contribution in [3.8, 4) is 0 Å². The predicted octanol–water partition coefficient (Wildman–Crippen LogP) is 2.62. The molecular weight excluding hydrogens is 454 g/mol. The molecule has 3 heterocycles. The summed E-state index contributed by atoms with van der Waals surface area (Å²) < 4.78 is 7.57. The van der Waals surface area contributed by atoms with Crippen LogP contribution in [0.15, 0.2) is 24.3 Å². The number of halogens is 1. The molecule has 2 amide bonds. The Morgan fingerprint density at radius 3 is 2.44 bits per heavy atom. The molecular formula is C25H32ClN5O3. The number of rotatable bonds is 4. The number of anilines is 1. The van der Waals surface area contributed by atoms with Gasteiger partial charge in [0.1, 0.15) is 6.54 Å². The molecule has 34 heavy (non-hydrogen) atoms. The first-order valence-electron chi connectivity index (χ1n) is 12.2. The van der Waals surface area contributed by atoms with Crippen molar-refractivity contribution in [2.24, 2.45) is 0 Å². The fourth-order valence-corrected chi connectivity index (χ4v) is 5.69. The summed E-state index contributed by atoms with van der Waals surface area (Å²) in [6, 6.07) is 7.81. The van der Waals surface area contributed by atoms with Gasteiger partial charge in [-0.2, -0.15) is 5.10 Å². The van der Waals surface area contributed by atoms with Gasteiger partial charge in [0, 0.05) is 50.5 Å². The summed E-state index contributed by atoms with van der Waals surface area (Å²) in [7, 11) is 0. The van der Waals surface area contributed by atoms with E-state index in [0.717, 1.165) is 54.3 Å². The van der Waals surface area contributed by atoms with Crippen LogP contribution in [0, 0.1) is 0 Å². The molecule has 2 aromatic rings. The lowest BCUT2D eigenvalue weighted by atomic mass is 10.1. The van der Waals surface area contributed by atoms with Crippen molar-refractivity contribution in [3.05, 3.63) is 46.2 Å². The molecule has 0 spiro atoms. The average Bonchev–Trinajstić information content (AvgIpc) is 3.42. The largest absolute Gasteiger partial charge is 0.372 e. The van der Waals surface area contributed by atoms with Gasteiger partial charge in [-0.05, 0) is 45.2 Å². The number of aromatic nitrogens is 2. The van der Waals surface area contributed by atoms with E-state index in [-0.39, 0.29) is 30.6 Å². The summed E-state index contributed by atoms with van der Waals surface area (Å²) in [5, 5.41) is 5.41. The van der Waals surface area contributed by atoms with Crippen LogP contribution in [-0.4, -0.2) is 82.9 Å². The fraction of sp³-hybridized carbons (Fsp3) is 0.560. The maximum Gasteiger partial charge on any atom is 0.274 e. The van der Waals surface area contributed by atoms with E-state index >= 15 is 0 Å². The predicted molar refractivity (Wildman–Crippen MR) is 130 cm³/mol. The Morgan fingerprint density at radius 2 is 1.74 bits per heavy atom. The monoisotopic (exact) mass is 485 g/mol. The van der Waals surface area contributed by atoms with Gasteiger partial charge in [0.15, 0.2) is 5.69 Å². The molecule has 2 atom stereocenters. The van der Waals surface area contributed by atoms with E-state index < -0.39 is 0 Å². The molecule has 1 aromatic heterocycles. The van der Waals surface area contributed by atoms with E-state index in [1.54, 1.807) is 4.68 Å². The van der Waals surface area contributed by atoms with Crippen LogP contribution in [0.5, 0.6) is 0 Å². The quantitative estimate of drug-likeness (QED) is 0.665. The molecule has 0 bridgehead atoms. The summed E-state index contributed by atoms with van der Waals surface area (Å²) in [6.07, 6.45) is 2.71. The minimum Gasteiger partial charge on any atom is -0.372 e. The molecule has 2 aliphatic heterocycles. The van der Waals surface area contributed by atoms with Crippen LogP contribution in [0.25, 0.3) is 0 Å². The number of para-hydroxylation sites is 1. The van der Waals surface area contributed by atoms with Crippen LogP contribution in [0.2, 0.25) is 5.02 Å². The third-order valence-electron chi connectivity index (χ3n) is 7.03. The number of hydrogen-bond donors (Lipinski definition) is 0. The molecule has 2 fully saturated rings. The summed E-state index contributed by atoms with van der Waals surface area (Å²) in [6.45, 7) is 8.06. The van der Waals surface area contributed by atoms with E-state index in [2.05, 4.69) is 10.00 Å². The van der Waals surface area contributed by atoms with Crippen molar-refractivity contribution in [2.75, 3.05) is 44.2 Å². The van der Waals surface area contributed by atoms with Crippen LogP contribution in [0.1, 0.15) is 42.0 Å². The maximum atomic E-state index is 13.3. The molecule has 0 unspecified atom stereocenters. The molecule has 1 aliphatic carbocycles. The third-order valence-corrected chi connectivity index (χ3v) is 7.35. The first-order chi connectivity index (χ1) is 16.4. The third kappa shape index (κ3) is 4.53. The molecule has 9 heteroatoms. The van der Waals surface area contributed by atoms with Crippen LogP contribution in [0.4, 0.5) is 5.69 Å². The number of ether oxygens (including phenoxy) is 1. The minimum atomic E-state index is -0.0419. The number of hydrogen-bond acceptors (Lipinski definition) is 5. The Hall–Kier alpha value is -2.58. The van der Waals surface area contributed by atoms with Gasteiger partial charge in [0.25, 0.3) is 5.91 Å². The normalized spacial score (nSPS) is 22.7. The number of amides is 2. The van der Waals surface area contributed by atoms with Crippen molar-refractivity contribution in [3.63, 3.8) is 0 Å². The van der Waals surface area contributed by atoms with E-state index in [4.69, 9.17) is 16.3 Å². The van der Waals surface area contributed by atoms with Gasteiger partial charge in [-0.25, -0.2) is 0 Å². The van der Waals surface area contributed by atoms with Crippen LogP contribution in [-0.2, 0) is 28.9 Å². The molecule has 1 aromatic carbocycles. The molecule has 3 aliphatic rings. The lowest BCUT2D eigenvalue weighted by Crippen LogP contribution is -2.50. The molecule has 0 N–H and O–H groups in total. The zero-order valence-corrected chi connectivity index (χ0v) is 20.6. The Labute approximate surface area is 205 Å². The molecule has 0 radical (unpaired) electrons. The van der Waals surface area contributed by atoms with Gasteiger partial charge in [-0.1, -0.05) is 23.7 Å². The summed E-state index contributed by atoms with van der Waals surface area (Å²) >= 11 is 6.35. The van der Waals surface area contributed by atoms with E-state index in [1.807, 2.05) is 47.9 Å². The summed E-state index contributed by atoms with van der Waals surface area (Å²) in [5.74, 6) is 0.00308. The van der Waals surface area contributed by atoms with Gasteiger partial charge in [0.2, 0.25) is 5.91 Å². The topological polar surface area (TPSA) is 70.9 Å². The second-order valence-electron chi connectivity index (χ2n) is 9.57. The van der Waals surface area contributed by atoms with Crippen molar-refractivity contribution in [1.82, 2.24) is 19.6 Å². The first kappa shape index (κ1) is 23.2. The minimum absolute atomic E-state index is 0.00819. The number of carbonyl (C=O) groups is 2. The number of carbonyl (C=O) groups excluding carboxylic acids is 2. The molecule has 182 valence electrons. The zero-order valence-electron chi connectivity index (χ0n) is 19.9. The molecule has 5 rings (SSSR count). The molecule has 8 nitrogen and oxygen atoms in total. The van der Waals surface area contributed by atoms with Crippen LogP contribution < -0.4 is 4.90 Å². The van der Waals surface area contributed by atoms with Crippen molar-refractivity contribution < 1.29 is 14.3 Å². The smallest absolute Gasteiger partial charge is 0.274 e. The van der Waals surface area contributed by atoms with Gasteiger partial charge >= 0.3 is 0 Å². The van der Waals surface area contributed by atoms with Crippen LogP contribution >= 0.6 is 11.6 Å². The van der Waals surface area contributed by atoms with E-state index in [9.17, 15) is 9.59 Å². The van der Waals surface area contributed by atoms with Gasteiger partial charge in [0.05, 0.1) is 22.9 Å². The highest BCUT2D eigenvalue weighted by atomic mass is 35.5. The number of morpholine rings is 1. The first-order valence-corrected chi connectivity index (χ1v) is 12.6.